The van der Waals surface area contributed by atoms with E-state index in [0.29, 0.717) is 5.92 Å². The van der Waals surface area contributed by atoms with Crippen LogP contribution in [0.4, 0.5) is 5.82 Å². The summed E-state index contributed by atoms with van der Waals surface area (Å²) in [5, 5.41) is 3.08. The van der Waals surface area contributed by atoms with E-state index in [1.165, 1.54) is 11.3 Å². The van der Waals surface area contributed by atoms with Crippen molar-refractivity contribution in [2.45, 2.75) is 20.3 Å². The average molecular weight is 282 g/mol. The van der Waals surface area contributed by atoms with Crippen molar-refractivity contribution in [1.82, 2.24) is 9.97 Å². The fraction of sp³-hybridized carbons (Fsp3) is 0.385. The standard InChI is InChI=1S/C13H16ClN3S/c1-8(2)6-9-7-12(15-3)17-13(16-9)10-4-5-11(14)18-10/h4-5,7-8H,6H2,1-3H3,(H,15,16,17). The van der Waals surface area contributed by atoms with Crippen molar-refractivity contribution in [3.05, 3.63) is 28.2 Å². The maximum absolute atomic E-state index is 5.96. The van der Waals surface area contributed by atoms with Crippen molar-refractivity contribution >= 4 is 28.8 Å². The number of halogens is 1. The molecule has 0 aliphatic heterocycles. The lowest BCUT2D eigenvalue weighted by Crippen LogP contribution is -2.03. The van der Waals surface area contributed by atoms with Crippen molar-refractivity contribution in [2.24, 2.45) is 5.92 Å². The summed E-state index contributed by atoms with van der Waals surface area (Å²) in [7, 11) is 1.87. The summed E-state index contributed by atoms with van der Waals surface area (Å²) in [5.74, 6) is 2.17. The fourth-order valence-electron chi connectivity index (χ4n) is 1.69. The SMILES string of the molecule is CNc1cc(CC(C)C)nc(-c2ccc(Cl)s2)n1. The largest absolute Gasteiger partial charge is 0.373 e. The number of hydrogen-bond donors (Lipinski definition) is 1. The molecule has 0 saturated carbocycles. The van der Waals surface area contributed by atoms with Crippen LogP contribution in [0.1, 0.15) is 19.5 Å². The average Bonchev–Trinajstić information content (AvgIpc) is 2.74. The zero-order valence-electron chi connectivity index (χ0n) is 10.7. The molecule has 0 amide bonds. The molecule has 2 aromatic heterocycles. The van der Waals surface area contributed by atoms with Gasteiger partial charge in [-0.1, -0.05) is 25.4 Å². The highest BCUT2D eigenvalue weighted by atomic mass is 35.5. The first-order valence-electron chi connectivity index (χ1n) is 5.90. The first kappa shape index (κ1) is 13.3. The molecule has 5 heteroatoms. The van der Waals surface area contributed by atoms with Gasteiger partial charge in [0.2, 0.25) is 0 Å². The maximum atomic E-state index is 5.96. The number of nitrogens with zero attached hydrogens (tertiary/aromatic N) is 2. The molecular weight excluding hydrogens is 266 g/mol. The first-order chi connectivity index (χ1) is 8.58. The Morgan fingerprint density at radius 1 is 1.33 bits per heavy atom. The number of rotatable bonds is 4. The van der Waals surface area contributed by atoms with Crippen LogP contribution < -0.4 is 5.32 Å². The summed E-state index contributed by atoms with van der Waals surface area (Å²) in [4.78, 5) is 10.1. The summed E-state index contributed by atoms with van der Waals surface area (Å²) in [6.45, 7) is 4.37. The molecule has 0 radical (unpaired) electrons. The summed E-state index contributed by atoms with van der Waals surface area (Å²) in [6.07, 6.45) is 0.948. The number of aromatic nitrogens is 2. The Bertz CT molecular complexity index is 537. The second-order valence-electron chi connectivity index (χ2n) is 4.52. The Labute approximate surface area is 116 Å². The van der Waals surface area contributed by atoms with Gasteiger partial charge in [-0.25, -0.2) is 9.97 Å². The lowest BCUT2D eigenvalue weighted by Gasteiger charge is -2.08. The van der Waals surface area contributed by atoms with Gasteiger partial charge in [0, 0.05) is 18.8 Å². The predicted molar refractivity (Wildman–Crippen MR) is 78.4 cm³/mol. The van der Waals surface area contributed by atoms with Crippen LogP contribution in [0.2, 0.25) is 4.34 Å². The molecule has 2 rings (SSSR count). The van der Waals surface area contributed by atoms with Crippen LogP contribution in [0.25, 0.3) is 10.7 Å². The molecule has 2 heterocycles. The minimum atomic E-state index is 0.573. The Balaban J connectivity index is 2.40. The van der Waals surface area contributed by atoms with Crippen molar-refractivity contribution in [3.63, 3.8) is 0 Å². The zero-order valence-corrected chi connectivity index (χ0v) is 12.3. The summed E-state index contributed by atoms with van der Waals surface area (Å²) in [6, 6.07) is 5.83. The van der Waals surface area contributed by atoms with E-state index >= 15 is 0 Å². The van der Waals surface area contributed by atoms with E-state index in [1.54, 1.807) is 0 Å². The molecule has 96 valence electrons. The molecule has 1 N–H and O–H groups in total. The van der Waals surface area contributed by atoms with Gasteiger partial charge in [-0.2, -0.15) is 0 Å². The van der Waals surface area contributed by atoms with Gasteiger partial charge in [0.25, 0.3) is 0 Å². The molecule has 0 saturated heterocycles. The van der Waals surface area contributed by atoms with E-state index in [2.05, 4.69) is 29.1 Å². The van der Waals surface area contributed by atoms with Crippen LogP contribution in [0.15, 0.2) is 18.2 Å². The highest BCUT2D eigenvalue weighted by Crippen LogP contribution is 2.29. The maximum Gasteiger partial charge on any atom is 0.171 e. The summed E-state index contributed by atoms with van der Waals surface area (Å²) >= 11 is 7.46. The molecule has 0 bridgehead atoms. The predicted octanol–water partition coefficient (Wildman–Crippen LogP) is 4.10. The Morgan fingerprint density at radius 3 is 2.67 bits per heavy atom. The smallest absolute Gasteiger partial charge is 0.171 e. The fourth-order valence-corrected chi connectivity index (χ4v) is 2.67. The van der Waals surface area contributed by atoms with E-state index in [-0.39, 0.29) is 0 Å². The van der Waals surface area contributed by atoms with E-state index < -0.39 is 0 Å². The second-order valence-corrected chi connectivity index (χ2v) is 6.23. The first-order valence-corrected chi connectivity index (χ1v) is 7.09. The molecule has 0 atom stereocenters. The van der Waals surface area contributed by atoms with Crippen LogP contribution in [0.3, 0.4) is 0 Å². The van der Waals surface area contributed by atoms with Gasteiger partial charge in [0.05, 0.1) is 9.21 Å². The Morgan fingerprint density at radius 2 is 2.11 bits per heavy atom. The third-order valence-corrected chi connectivity index (χ3v) is 3.67. The molecule has 0 spiro atoms. The molecule has 0 fully saturated rings. The highest BCUT2D eigenvalue weighted by molar-refractivity contribution is 7.19. The van der Waals surface area contributed by atoms with Crippen LogP contribution in [-0.2, 0) is 6.42 Å². The third-order valence-electron chi connectivity index (χ3n) is 2.45. The van der Waals surface area contributed by atoms with Crippen molar-refractivity contribution in [2.75, 3.05) is 12.4 Å². The van der Waals surface area contributed by atoms with Crippen molar-refractivity contribution < 1.29 is 0 Å². The van der Waals surface area contributed by atoms with Gasteiger partial charge in [-0.3, -0.25) is 0 Å². The Hall–Kier alpha value is -1.13. The van der Waals surface area contributed by atoms with Crippen LogP contribution in [0.5, 0.6) is 0 Å². The van der Waals surface area contributed by atoms with Gasteiger partial charge in [0.1, 0.15) is 5.82 Å². The molecular formula is C13H16ClN3S. The summed E-state index contributed by atoms with van der Waals surface area (Å²) < 4.78 is 0.758. The minimum absolute atomic E-state index is 0.573. The van der Waals surface area contributed by atoms with Crippen molar-refractivity contribution in [1.29, 1.82) is 0 Å². The second kappa shape index (κ2) is 5.67. The van der Waals surface area contributed by atoms with Crippen LogP contribution in [-0.4, -0.2) is 17.0 Å². The molecule has 0 unspecified atom stereocenters. The molecule has 3 nitrogen and oxygen atoms in total. The number of nitrogens with one attached hydrogen (secondary N) is 1. The van der Waals surface area contributed by atoms with E-state index in [0.717, 1.165) is 33.0 Å². The number of hydrogen-bond acceptors (Lipinski definition) is 4. The van der Waals surface area contributed by atoms with E-state index in [4.69, 9.17) is 11.6 Å². The number of anilines is 1. The van der Waals surface area contributed by atoms with Gasteiger partial charge in [0.15, 0.2) is 5.82 Å². The number of thiophene rings is 1. The monoisotopic (exact) mass is 281 g/mol. The highest BCUT2D eigenvalue weighted by Gasteiger charge is 2.09. The van der Waals surface area contributed by atoms with Crippen LogP contribution in [0, 0.1) is 5.92 Å². The molecule has 18 heavy (non-hydrogen) atoms. The molecule has 0 aliphatic carbocycles. The van der Waals surface area contributed by atoms with Gasteiger partial charge >= 0.3 is 0 Å². The minimum Gasteiger partial charge on any atom is -0.373 e. The molecule has 2 aromatic rings. The topological polar surface area (TPSA) is 37.8 Å². The third kappa shape index (κ3) is 3.21. The van der Waals surface area contributed by atoms with Gasteiger partial charge in [-0.15, -0.1) is 11.3 Å². The molecule has 0 aliphatic rings. The van der Waals surface area contributed by atoms with Crippen molar-refractivity contribution in [3.8, 4) is 10.7 Å². The quantitative estimate of drug-likeness (QED) is 0.917. The lowest BCUT2D eigenvalue weighted by molar-refractivity contribution is 0.635. The summed E-state index contributed by atoms with van der Waals surface area (Å²) in [5.41, 5.74) is 1.06. The normalized spacial score (nSPS) is 10.9. The van der Waals surface area contributed by atoms with E-state index in [9.17, 15) is 0 Å². The van der Waals surface area contributed by atoms with Gasteiger partial charge in [-0.05, 0) is 24.5 Å². The lowest BCUT2D eigenvalue weighted by atomic mass is 10.1. The van der Waals surface area contributed by atoms with Gasteiger partial charge < -0.3 is 5.32 Å². The van der Waals surface area contributed by atoms with Crippen LogP contribution >= 0.6 is 22.9 Å². The van der Waals surface area contributed by atoms with E-state index in [1.807, 2.05) is 25.2 Å². The zero-order chi connectivity index (χ0) is 13.1. The molecule has 0 aromatic carbocycles. The Kier molecular flexibility index (Phi) is 4.19.